The predicted molar refractivity (Wildman–Crippen MR) is 69.1 cm³/mol. The lowest BCUT2D eigenvalue weighted by Crippen LogP contribution is -2.24. The maximum absolute atomic E-state index is 11.2. The topological polar surface area (TPSA) is 41.1 Å². The van der Waals surface area contributed by atoms with Crippen molar-refractivity contribution in [2.75, 3.05) is 13.1 Å². The Morgan fingerprint density at radius 3 is 2.06 bits per heavy atom. The second-order valence-electron chi connectivity index (χ2n) is 4.25. The van der Waals surface area contributed by atoms with Crippen LogP contribution in [0.2, 0.25) is 0 Å². The molecule has 0 aliphatic heterocycles. The number of allylic oxidation sites excluding steroid dienone is 1. The third-order valence-electron chi connectivity index (χ3n) is 2.06. The summed E-state index contributed by atoms with van der Waals surface area (Å²) in [5.74, 6) is 0.0764. The summed E-state index contributed by atoms with van der Waals surface area (Å²) in [6.07, 6.45) is 3.70. The van der Waals surface area contributed by atoms with Crippen LogP contribution in [0.3, 0.4) is 0 Å². The quantitative estimate of drug-likeness (QED) is 0.466. The largest absolute Gasteiger partial charge is 0.389 e. The van der Waals surface area contributed by atoms with E-state index in [0.717, 1.165) is 43.6 Å². The number of carbonyl (C=O) groups excluding carboxylic acids is 1. The van der Waals surface area contributed by atoms with Gasteiger partial charge in [-0.25, -0.2) is 0 Å². The first-order valence-corrected chi connectivity index (χ1v) is 5.83. The van der Waals surface area contributed by atoms with Crippen LogP contribution >= 0.6 is 0 Å². The first kappa shape index (κ1) is 14.8. The van der Waals surface area contributed by atoms with Gasteiger partial charge in [0.1, 0.15) is 0 Å². The zero-order chi connectivity index (χ0) is 12.4. The van der Waals surface area contributed by atoms with E-state index >= 15 is 0 Å². The lowest BCUT2D eigenvalue weighted by Gasteiger charge is -2.06. The summed E-state index contributed by atoms with van der Waals surface area (Å²) < 4.78 is 0. The van der Waals surface area contributed by atoms with Gasteiger partial charge in [0.2, 0.25) is 5.91 Å². The zero-order valence-corrected chi connectivity index (χ0v) is 10.6. The van der Waals surface area contributed by atoms with Crippen LogP contribution in [0.5, 0.6) is 0 Å². The number of nitrogens with one attached hydrogen (secondary N) is 2. The summed E-state index contributed by atoms with van der Waals surface area (Å²) in [7, 11) is 0. The minimum absolute atomic E-state index is 0.0764. The normalized spacial score (nSPS) is 9.62. The molecule has 0 saturated heterocycles. The Labute approximate surface area is 99.0 Å². The third-order valence-corrected chi connectivity index (χ3v) is 2.06. The van der Waals surface area contributed by atoms with E-state index in [4.69, 9.17) is 0 Å². The van der Waals surface area contributed by atoms with Gasteiger partial charge in [-0.05, 0) is 33.1 Å². The molecule has 0 aromatic heterocycles. The smallest absolute Gasteiger partial charge is 0.224 e. The number of hydrogen-bond acceptors (Lipinski definition) is 2. The van der Waals surface area contributed by atoms with E-state index in [1.165, 1.54) is 0 Å². The molecule has 0 saturated carbocycles. The van der Waals surface area contributed by atoms with E-state index in [0.29, 0.717) is 6.42 Å². The molecule has 0 bridgehead atoms. The lowest BCUT2D eigenvalue weighted by molar-refractivity contribution is -0.120. The highest BCUT2D eigenvalue weighted by molar-refractivity contribution is 5.78. The summed E-state index contributed by atoms with van der Waals surface area (Å²) >= 11 is 0. The first-order valence-electron chi connectivity index (χ1n) is 5.83. The van der Waals surface area contributed by atoms with E-state index in [-0.39, 0.29) is 5.91 Å². The fraction of sp³-hybridized carbons (Fsp3) is 0.615. The van der Waals surface area contributed by atoms with Crippen LogP contribution in [0.15, 0.2) is 24.4 Å². The summed E-state index contributed by atoms with van der Waals surface area (Å²) in [5, 5.41) is 6.05. The number of amides is 1. The highest BCUT2D eigenvalue weighted by atomic mass is 16.1. The maximum Gasteiger partial charge on any atom is 0.224 e. The number of carbonyl (C=O) groups is 1. The molecule has 92 valence electrons. The van der Waals surface area contributed by atoms with Crippen molar-refractivity contribution >= 4 is 5.91 Å². The highest BCUT2D eigenvalue weighted by Crippen LogP contribution is 1.96. The molecule has 2 N–H and O–H groups in total. The van der Waals surface area contributed by atoms with Crippen molar-refractivity contribution in [3.8, 4) is 0 Å². The van der Waals surface area contributed by atoms with Gasteiger partial charge in [-0.15, -0.1) is 0 Å². The Bertz CT molecular complexity index is 246. The van der Waals surface area contributed by atoms with Crippen LogP contribution in [0.4, 0.5) is 0 Å². The molecule has 0 atom stereocenters. The van der Waals surface area contributed by atoms with Gasteiger partial charge in [-0.3, -0.25) is 4.79 Å². The van der Waals surface area contributed by atoms with Crippen molar-refractivity contribution in [3.63, 3.8) is 0 Å². The summed E-state index contributed by atoms with van der Waals surface area (Å²) in [6, 6.07) is 0. The molecule has 0 unspecified atom stereocenters. The lowest BCUT2D eigenvalue weighted by atomic mass is 10.2. The van der Waals surface area contributed by atoms with Crippen LogP contribution in [0.25, 0.3) is 0 Å². The van der Waals surface area contributed by atoms with E-state index in [9.17, 15) is 4.79 Å². The average Bonchev–Trinajstić information content (AvgIpc) is 2.14. The van der Waals surface area contributed by atoms with Crippen molar-refractivity contribution in [1.29, 1.82) is 0 Å². The summed E-state index contributed by atoms with van der Waals surface area (Å²) in [5.41, 5.74) is 1.91. The maximum atomic E-state index is 11.2. The molecule has 0 aromatic carbocycles. The highest BCUT2D eigenvalue weighted by Gasteiger charge is 1.99. The molecule has 0 aromatic rings. The molecule has 0 heterocycles. The van der Waals surface area contributed by atoms with E-state index in [2.05, 4.69) is 23.8 Å². The van der Waals surface area contributed by atoms with E-state index in [1.54, 1.807) is 0 Å². The molecular formula is C13H24N2O. The minimum Gasteiger partial charge on any atom is -0.389 e. The van der Waals surface area contributed by atoms with E-state index < -0.39 is 0 Å². The standard InChI is InChI=1S/C13H24N2O/c1-11(2)10-13(16)15-9-7-5-6-8-14-12(3)4/h14H,1,3,5-10H2,2,4H3,(H,15,16). The molecule has 0 rings (SSSR count). The predicted octanol–water partition coefficient (Wildman–Crippen LogP) is 2.36. The Morgan fingerprint density at radius 1 is 1.00 bits per heavy atom. The van der Waals surface area contributed by atoms with Gasteiger partial charge in [0.25, 0.3) is 0 Å². The molecular weight excluding hydrogens is 200 g/mol. The van der Waals surface area contributed by atoms with Crippen molar-refractivity contribution in [2.24, 2.45) is 0 Å². The summed E-state index contributed by atoms with van der Waals surface area (Å²) in [4.78, 5) is 11.2. The molecule has 0 aliphatic rings. The van der Waals surface area contributed by atoms with Crippen LogP contribution in [0, 0.1) is 0 Å². The fourth-order valence-corrected chi connectivity index (χ4v) is 1.29. The van der Waals surface area contributed by atoms with Crippen LogP contribution in [-0.2, 0) is 4.79 Å². The van der Waals surface area contributed by atoms with Gasteiger partial charge in [0.05, 0.1) is 0 Å². The fourth-order valence-electron chi connectivity index (χ4n) is 1.29. The molecule has 0 fully saturated rings. The van der Waals surface area contributed by atoms with Crippen LogP contribution < -0.4 is 10.6 Å². The van der Waals surface area contributed by atoms with Crippen LogP contribution in [0.1, 0.15) is 39.5 Å². The Kier molecular flexibility index (Phi) is 8.31. The molecule has 0 radical (unpaired) electrons. The molecule has 3 nitrogen and oxygen atoms in total. The minimum atomic E-state index is 0.0764. The van der Waals surface area contributed by atoms with Crippen molar-refractivity contribution in [2.45, 2.75) is 39.5 Å². The van der Waals surface area contributed by atoms with Gasteiger partial charge < -0.3 is 10.6 Å². The van der Waals surface area contributed by atoms with Gasteiger partial charge in [-0.2, -0.15) is 0 Å². The van der Waals surface area contributed by atoms with Gasteiger partial charge in [0.15, 0.2) is 0 Å². The number of hydrogen-bond donors (Lipinski definition) is 2. The molecule has 1 amide bonds. The molecule has 16 heavy (non-hydrogen) atoms. The Balaban J connectivity index is 3.24. The van der Waals surface area contributed by atoms with Crippen molar-refractivity contribution < 1.29 is 4.79 Å². The number of unbranched alkanes of at least 4 members (excludes halogenated alkanes) is 2. The van der Waals surface area contributed by atoms with Gasteiger partial charge >= 0.3 is 0 Å². The number of rotatable bonds is 9. The van der Waals surface area contributed by atoms with E-state index in [1.807, 2.05) is 13.8 Å². The molecule has 3 heteroatoms. The monoisotopic (exact) mass is 224 g/mol. The Hall–Kier alpha value is -1.25. The molecule has 0 aliphatic carbocycles. The average molecular weight is 224 g/mol. The second kappa shape index (κ2) is 9.01. The van der Waals surface area contributed by atoms with Crippen LogP contribution in [-0.4, -0.2) is 19.0 Å². The molecule has 0 spiro atoms. The zero-order valence-electron chi connectivity index (χ0n) is 10.6. The van der Waals surface area contributed by atoms with Crippen molar-refractivity contribution in [3.05, 3.63) is 24.4 Å². The summed E-state index contributed by atoms with van der Waals surface area (Å²) in [6.45, 7) is 13.0. The Morgan fingerprint density at radius 2 is 1.56 bits per heavy atom. The van der Waals surface area contributed by atoms with Gasteiger partial charge in [-0.1, -0.05) is 18.7 Å². The second-order valence-corrected chi connectivity index (χ2v) is 4.25. The first-order chi connectivity index (χ1) is 7.52. The third kappa shape index (κ3) is 10.8. The SMILES string of the molecule is C=C(C)CC(=O)NCCCCCNC(=C)C. The van der Waals surface area contributed by atoms with Gasteiger partial charge in [0, 0.05) is 25.2 Å². The van der Waals surface area contributed by atoms with Crippen molar-refractivity contribution in [1.82, 2.24) is 10.6 Å².